The van der Waals surface area contributed by atoms with Crippen molar-refractivity contribution in [1.82, 2.24) is 10.3 Å². The molecule has 1 amide bonds. The molecule has 17 heavy (non-hydrogen) atoms. The topological polar surface area (TPSA) is 42.0 Å². The van der Waals surface area contributed by atoms with Crippen LogP contribution in [0, 0.1) is 5.92 Å². The van der Waals surface area contributed by atoms with E-state index in [1.165, 1.54) is 12.8 Å². The molecule has 1 N–H and O–H groups in total. The van der Waals surface area contributed by atoms with E-state index in [1.54, 1.807) is 6.20 Å². The second-order valence-corrected chi connectivity index (χ2v) is 4.53. The van der Waals surface area contributed by atoms with Gasteiger partial charge < -0.3 is 5.32 Å². The summed E-state index contributed by atoms with van der Waals surface area (Å²) in [4.78, 5) is 16.3. The number of hydrogen-bond acceptors (Lipinski definition) is 2. The molecule has 1 saturated carbocycles. The highest BCUT2D eigenvalue weighted by Crippen LogP contribution is 2.27. The predicted molar refractivity (Wildman–Crippen MR) is 66.8 cm³/mol. The van der Waals surface area contributed by atoms with Gasteiger partial charge >= 0.3 is 0 Å². The molecule has 0 bridgehead atoms. The number of fused-ring (bicyclic) bond motifs is 1. The zero-order valence-corrected chi connectivity index (χ0v) is 9.52. The molecule has 3 nitrogen and oxygen atoms in total. The lowest BCUT2D eigenvalue weighted by Crippen LogP contribution is -2.25. The Bertz CT molecular complexity index is 556. The van der Waals surface area contributed by atoms with Crippen molar-refractivity contribution in [3.8, 4) is 0 Å². The lowest BCUT2D eigenvalue weighted by molar-refractivity contribution is 0.0953. The maximum absolute atomic E-state index is 12.1. The molecule has 1 fully saturated rings. The fourth-order valence-corrected chi connectivity index (χ4v) is 1.96. The van der Waals surface area contributed by atoms with Crippen molar-refractivity contribution in [3.05, 3.63) is 42.1 Å². The third-order valence-corrected chi connectivity index (χ3v) is 3.14. The third-order valence-electron chi connectivity index (χ3n) is 3.14. The number of nitrogens with one attached hydrogen (secondary N) is 1. The maximum atomic E-state index is 12.1. The van der Waals surface area contributed by atoms with Crippen LogP contribution in [0.4, 0.5) is 0 Å². The molecular formula is C14H14N2O. The molecule has 1 aliphatic rings. The Balaban J connectivity index is 1.89. The number of aromatic nitrogens is 1. The predicted octanol–water partition coefficient (Wildman–Crippen LogP) is 2.37. The van der Waals surface area contributed by atoms with Gasteiger partial charge in [0.05, 0.1) is 5.52 Å². The van der Waals surface area contributed by atoms with E-state index in [0.717, 1.165) is 23.0 Å². The first kappa shape index (κ1) is 10.3. The summed E-state index contributed by atoms with van der Waals surface area (Å²) in [5.74, 6) is 0.711. The first-order chi connectivity index (χ1) is 8.34. The molecule has 86 valence electrons. The lowest BCUT2D eigenvalue weighted by Gasteiger charge is -2.06. The molecule has 0 aliphatic heterocycles. The highest BCUT2D eigenvalue weighted by atomic mass is 16.1. The average molecular weight is 226 g/mol. The van der Waals surface area contributed by atoms with Crippen LogP contribution in [0.2, 0.25) is 0 Å². The van der Waals surface area contributed by atoms with E-state index in [1.807, 2.05) is 30.3 Å². The summed E-state index contributed by atoms with van der Waals surface area (Å²) in [7, 11) is 0. The second-order valence-electron chi connectivity index (χ2n) is 4.53. The molecule has 0 spiro atoms. The standard InChI is InChI=1S/C14H14N2O/c17-14(16-9-10-6-7-10)12-3-1-5-13-11(12)4-2-8-15-13/h1-5,8,10H,6-7,9H2,(H,16,17). The number of amides is 1. The summed E-state index contributed by atoms with van der Waals surface area (Å²) in [5.41, 5.74) is 1.59. The number of nitrogens with zero attached hydrogens (tertiary/aromatic N) is 1. The van der Waals surface area contributed by atoms with Gasteiger partial charge in [-0.05, 0) is 37.0 Å². The highest BCUT2D eigenvalue weighted by Gasteiger charge is 2.22. The van der Waals surface area contributed by atoms with Crippen molar-refractivity contribution in [3.63, 3.8) is 0 Å². The average Bonchev–Trinajstić information content (AvgIpc) is 3.19. The number of pyridine rings is 1. The van der Waals surface area contributed by atoms with Gasteiger partial charge in [0.15, 0.2) is 0 Å². The van der Waals surface area contributed by atoms with Crippen LogP contribution in [0.15, 0.2) is 36.5 Å². The molecule has 1 aromatic carbocycles. The van der Waals surface area contributed by atoms with E-state index in [9.17, 15) is 4.79 Å². The Morgan fingerprint density at radius 1 is 1.29 bits per heavy atom. The summed E-state index contributed by atoms with van der Waals surface area (Å²) >= 11 is 0. The normalized spacial score (nSPS) is 14.8. The second kappa shape index (κ2) is 4.17. The highest BCUT2D eigenvalue weighted by molar-refractivity contribution is 6.06. The van der Waals surface area contributed by atoms with E-state index < -0.39 is 0 Å². The zero-order valence-electron chi connectivity index (χ0n) is 9.52. The number of hydrogen-bond donors (Lipinski definition) is 1. The Hall–Kier alpha value is -1.90. The number of benzene rings is 1. The molecule has 1 aromatic heterocycles. The van der Waals surface area contributed by atoms with Gasteiger partial charge in [0.2, 0.25) is 0 Å². The van der Waals surface area contributed by atoms with Crippen molar-refractivity contribution in [2.24, 2.45) is 5.92 Å². The molecule has 0 atom stereocenters. The van der Waals surface area contributed by atoms with Crippen LogP contribution in [0.1, 0.15) is 23.2 Å². The van der Waals surface area contributed by atoms with Gasteiger partial charge in [-0.2, -0.15) is 0 Å². The summed E-state index contributed by atoms with van der Waals surface area (Å²) in [6.45, 7) is 0.801. The van der Waals surface area contributed by atoms with Crippen LogP contribution >= 0.6 is 0 Å². The summed E-state index contributed by atoms with van der Waals surface area (Å²) in [6.07, 6.45) is 4.24. The van der Waals surface area contributed by atoms with E-state index >= 15 is 0 Å². The molecule has 3 rings (SSSR count). The SMILES string of the molecule is O=C(NCC1CC1)c1cccc2ncccc12. The van der Waals surface area contributed by atoms with Crippen molar-refractivity contribution < 1.29 is 4.79 Å². The summed E-state index contributed by atoms with van der Waals surface area (Å²) in [5, 5.41) is 3.91. The Morgan fingerprint density at radius 3 is 3.00 bits per heavy atom. The van der Waals surface area contributed by atoms with E-state index in [4.69, 9.17) is 0 Å². The van der Waals surface area contributed by atoms with Gasteiger partial charge in [0.25, 0.3) is 5.91 Å². The van der Waals surface area contributed by atoms with Gasteiger partial charge in [-0.15, -0.1) is 0 Å². The molecule has 2 aromatic rings. The maximum Gasteiger partial charge on any atom is 0.251 e. The Kier molecular flexibility index (Phi) is 2.52. The molecule has 0 unspecified atom stereocenters. The first-order valence-corrected chi connectivity index (χ1v) is 5.96. The van der Waals surface area contributed by atoms with Crippen molar-refractivity contribution in [2.45, 2.75) is 12.8 Å². The third kappa shape index (κ3) is 2.13. The van der Waals surface area contributed by atoms with Crippen LogP contribution in [0.3, 0.4) is 0 Å². The van der Waals surface area contributed by atoms with Crippen molar-refractivity contribution in [2.75, 3.05) is 6.54 Å². The minimum atomic E-state index is 0.00972. The number of carbonyl (C=O) groups is 1. The number of carbonyl (C=O) groups excluding carboxylic acids is 1. The largest absolute Gasteiger partial charge is 0.352 e. The molecule has 1 heterocycles. The van der Waals surface area contributed by atoms with Crippen molar-refractivity contribution in [1.29, 1.82) is 0 Å². The Morgan fingerprint density at radius 2 is 2.18 bits per heavy atom. The zero-order chi connectivity index (χ0) is 11.7. The fourth-order valence-electron chi connectivity index (χ4n) is 1.96. The fraction of sp³-hybridized carbons (Fsp3) is 0.286. The minimum absolute atomic E-state index is 0.00972. The molecule has 1 aliphatic carbocycles. The van der Waals surface area contributed by atoms with Gasteiger partial charge in [-0.25, -0.2) is 0 Å². The molecule has 0 radical (unpaired) electrons. The monoisotopic (exact) mass is 226 g/mol. The minimum Gasteiger partial charge on any atom is -0.352 e. The van der Waals surface area contributed by atoms with Gasteiger partial charge in [0, 0.05) is 23.7 Å². The van der Waals surface area contributed by atoms with E-state index in [2.05, 4.69) is 10.3 Å². The number of rotatable bonds is 3. The van der Waals surface area contributed by atoms with Crippen LogP contribution in [-0.4, -0.2) is 17.4 Å². The van der Waals surface area contributed by atoms with E-state index in [-0.39, 0.29) is 5.91 Å². The van der Waals surface area contributed by atoms with Gasteiger partial charge in [-0.1, -0.05) is 12.1 Å². The molecule has 3 heteroatoms. The van der Waals surface area contributed by atoms with Crippen LogP contribution in [0.25, 0.3) is 10.9 Å². The molecule has 0 saturated heterocycles. The van der Waals surface area contributed by atoms with Crippen LogP contribution in [-0.2, 0) is 0 Å². The van der Waals surface area contributed by atoms with E-state index in [0.29, 0.717) is 5.92 Å². The Labute approximate surface area is 99.9 Å². The smallest absolute Gasteiger partial charge is 0.251 e. The van der Waals surface area contributed by atoms with Gasteiger partial charge in [0.1, 0.15) is 0 Å². The molecular weight excluding hydrogens is 212 g/mol. The quantitative estimate of drug-likeness (QED) is 0.873. The first-order valence-electron chi connectivity index (χ1n) is 5.96. The van der Waals surface area contributed by atoms with Crippen LogP contribution < -0.4 is 5.32 Å². The summed E-state index contributed by atoms with van der Waals surface area (Å²) < 4.78 is 0. The van der Waals surface area contributed by atoms with Crippen LogP contribution in [0.5, 0.6) is 0 Å². The van der Waals surface area contributed by atoms with Crippen molar-refractivity contribution >= 4 is 16.8 Å². The summed E-state index contributed by atoms with van der Waals surface area (Å²) in [6, 6.07) is 9.45. The lowest BCUT2D eigenvalue weighted by atomic mass is 10.1. The van der Waals surface area contributed by atoms with Gasteiger partial charge in [-0.3, -0.25) is 9.78 Å².